The lowest BCUT2D eigenvalue weighted by atomic mass is 9.95. The van der Waals surface area contributed by atoms with Crippen LogP contribution in [-0.4, -0.2) is 26.2 Å². The molecule has 1 aliphatic carbocycles. The molecule has 0 aliphatic heterocycles. The lowest BCUT2D eigenvalue weighted by molar-refractivity contribution is -0.531. The number of nitro groups is 1. The van der Waals surface area contributed by atoms with Crippen molar-refractivity contribution in [1.82, 2.24) is 10.3 Å². The second-order valence-corrected chi connectivity index (χ2v) is 2.88. The first kappa shape index (κ1) is 8.60. The third-order valence-corrected chi connectivity index (χ3v) is 2.13. The molecule has 2 rings (SSSR count). The van der Waals surface area contributed by atoms with Crippen LogP contribution >= 0.6 is 0 Å². The number of nitrogens with zero attached hydrogens (tertiary/aromatic N) is 4. The van der Waals surface area contributed by atoms with Gasteiger partial charge in [0.05, 0.1) is 0 Å². The zero-order valence-electron chi connectivity index (χ0n) is 6.95. The molecule has 0 saturated heterocycles. The first-order valence-electron chi connectivity index (χ1n) is 3.91. The number of hydrogen-bond acceptors (Lipinski definition) is 7. The molecule has 74 valence electrons. The van der Waals surface area contributed by atoms with E-state index in [0.29, 0.717) is 6.42 Å². The summed E-state index contributed by atoms with van der Waals surface area (Å²) in [5.41, 5.74) is 0.592. The third kappa shape index (κ3) is 1.11. The second-order valence-electron chi connectivity index (χ2n) is 2.88. The summed E-state index contributed by atoms with van der Waals surface area (Å²) in [6.45, 7) is 0. The van der Waals surface area contributed by atoms with E-state index in [2.05, 4.69) is 20.1 Å². The van der Waals surface area contributed by atoms with Crippen molar-refractivity contribution in [3.05, 3.63) is 21.5 Å². The van der Waals surface area contributed by atoms with Crippen molar-refractivity contribution >= 4 is 5.71 Å². The smallest absolute Gasteiger partial charge is 0.260 e. The minimum Gasteiger partial charge on any atom is -0.411 e. The zero-order chi connectivity index (χ0) is 10.1. The zero-order valence-corrected chi connectivity index (χ0v) is 6.95. The SMILES string of the molecule is O=[N+]([O-])C1CC/C(=N/O)c2nonc21. The summed E-state index contributed by atoms with van der Waals surface area (Å²) in [5, 5.41) is 29.1. The van der Waals surface area contributed by atoms with Gasteiger partial charge in [0.2, 0.25) is 0 Å². The van der Waals surface area contributed by atoms with Crippen molar-refractivity contribution in [2.45, 2.75) is 18.9 Å². The average Bonchev–Trinajstić information content (AvgIpc) is 2.64. The Hall–Kier alpha value is -1.99. The van der Waals surface area contributed by atoms with Crippen LogP contribution in [0.4, 0.5) is 0 Å². The summed E-state index contributed by atoms with van der Waals surface area (Å²) in [4.78, 5) is 10.2. The molecule has 1 aromatic heterocycles. The molecule has 1 aromatic rings. The Morgan fingerprint density at radius 2 is 2.43 bits per heavy atom. The molecule has 8 heteroatoms. The van der Waals surface area contributed by atoms with E-state index in [1.54, 1.807) is 0 Å². The number of hydrogen-bond donors (Lipinski definition) is 1. The van der Waals surface area contributed by atoms with E-state index < -0.39 is 11.0 Å². The van der Waals surface area contributed by atoms with Gasteiger partial charge in [0, 0.05) is 17.8 Å². The quantitative estimate of drug-likeness (QED) is 0.395. The van der Waals surface area contributed by atoms with Crippen LogP contribution in [0.15, 0.2) is 9.78 Å². The second kappa shape index (κ2) is 3.05. The summed E-state index contributed by atoms with van der Waals surface area (Å²) in [6.07, 6.45) is 0.539. The largest absolute Gasteiger partial charge is 0.411 e. The topological polar surface area (TPSA) is 115 Å². The van der Waals surface area contributed by atoms with Gasteiger partial charge in [-0.05, 0) is 10.3 Å². The van der Waals surface area contributed by atoms with Crippen LogP contribution in [0.25, 0.3) is 0 Å². The van der Waals surface area contributed by atoms with E-state index in [9.17, 15) is 10.1 Å². The molecule has 0 amide bonds. The Balaban J connectivity index is 2.47. The number of fused-ring (bicyclic) bond motifs is 1. The van der Waals surface area contributed by atoms with Gasteiger partial charge in [0.1, 0.15) is 5.71 Å². The highest BCUT2D eigenvalue weighted by atomic mass is 16.6. The van der Waals surface area contributed by atoms with Gasteiger partial charge < -0.3 is 5.21 Å². The maximum absolute atomic E-state index is 10.6. The van der Waals surface area contributed by atoms with Crippen LogP contribution in [0.1, 0.15) is 30.3 Å². The molecule has 1 aliphatic rings. The van der Waals surface area contributed by atoms with Crippen LogP contribution in [-0.2, 0) is 0 Å². The third-order valence-electron chi connectivity index (χ3n) is 2.13. The summed E-state index contributed by atoms with van der Waals surface area (Å²) in [6, 6.07) is -0.915. The summed E-state index contributed by atoms with van der Waals surface area (Å²) in [7, 11) is 0. The molecule has 1 N–H and O–H groups in total. The van der Waals surface area contributed by atoms with Gasteiger partial charge in [-0.25, -0.2) is 4.63 Å². The monoisotopic (exact) mass is 198 g/mol. The Morgan fingerprint density at radius 1 is 1.64 bits per heavy atom. The van der Waals surface area contributed by atoms with Gasteiger partial charge in [-0.15, -0.1) is 0 Å². The normalized spacial score (nSPS) is 23.4. The van der Waals surface area contributed by atoms with E-state index in [1.807, 2.05) is 0 Å². The molecular weight excluding hydrogens is 192 g/mol. The Morgan fingerprint density at radius 3 is 3.07 bits per heavy atom. The molecule has 0 bridgehead atoms. The number of rotatable bonds is 1. The molecule has 14 heavy (non-hydrogen) atoms. The van der Waals surface area contributed by atoms with Crippen LogP contribution in [0.2, 0.25) is 0 Å². The standard InChI is InChI=1S/C6H6N4O4/c11-7-3-1-2-4(10(12)13)6-5(3)8-14-9-6/h4,11H,1-2H2/b7-3-. The molecule has 0 spiro atoms. The molecular formula is C6H6N4O4. The van der Waals surface area contributed by atoms with E-state index in [-0.39, 0.29) is 23.5 Å². The number of oxime groups is 1. The van der Waals surface area contributed by atoms with Gasteiger partial charge >= 0.3 is 0 Å². The van der Waals surface area contributed by atoms with Crippen LogP contribution in [0, 0.1) is 10.1 Å². The maximum atomic E-state index is 10.6. The van der Waals surface area contributed by atoms with E-state index >= 15 is 0 Å². The average molecular weight is 198 g/mol. The van der Waals surface area contributed by atoms with E-state index in [4.69, 9.17) is 5.21 Å². The van der Waals surface area contributed by atoms with Gasteiger partial charge in [0.25, 0.3) is 6.04 Å². The molecule has 0 radical (unpaired) electrons. The van der Waals surface area contributed by atoms with Crippen LogP contribution < -0.4 is 0 Å². The molecule has 1 unspecified atom stereocenters. The predicted molar refractivity (Wildman–Crippen MR) is 41.6 cm³/mol. The Kier molecular flexibility index (Phi) is 1.88. The number of aromatic nitrogens is 2. The van der Waals surface area contributed by atoms with Gasteiger partial charge in [-0.1, -0.05) is 5.16 Å². The van der Waals surface area contributed by atoms with Crippen LogP contribution in [0.3, 0.4) is 0 Å². The van der Waals surface area contributed by atoms with Crippen molar-refractivity contribution in [2.75, 3.05) is 0 Å². The molecule has 8 nitrogen and oxygen atoms in total. The minimum absolute atomic E-state index is 0.133. The fourth-order valence-electron chi connectivity index (χ4n) is 1.45. The summed E-state index contributed by atoms with van der Waals surface area (Å²) >= 11 is 0. The first-order chi connectivity index (χ1) is 6.74. The highest BCUT2D eigenvalue weighted by Crippen LogP contribution is 2.29. The van der Waals surface area contributed by atoms with Crippen molar-refractivity contribution in [3.8, 4) is 0 Å². The van der Waals surface area contributed by atoms with Crippen molar-refractivity contribution in [2.24, 2.45) is 5.16 Å². The van der Waals surface area contributed by atoms with Crippen molar-refractivity contribution in [1.29, 1.82) is 0 Å². The highest BCUT2D eigenvalue weighted by molar-refractivity contribution is 6.00. The molecule has 0 fully saturated rings. The Bertz CT molecular complexity index is 398. The summed E-state index contributed by atoms with van der Waals surface area (Å²) < 4.78 is 4.38. The predicted octanol–water partition coefficient (Wildman–Crippen LogP) is 0.359. The van der Waals surface area contributed by atoms with E-state index in [0.717, 1.165) is 0 Å². The molecule has 0 saturated carbocycles. The van der Waals surface area contributed by atoms with Gasteiger partial charge in [-0.2, -0.15) is 0 Å². The van der Waals surface area contributed by atoms with E-state index in [1.165, 1.54) is 0 Å². The molecule has 1 heterocycles. The summed E-state index contributed by atoms with van der Waals surface area (Å²) in [5.74, 6) is 0. The Labute approximate surface area is 77.3 Å². The molecule has 0 aromatic carbocycles. The van der Waals surface area contributed by atoms with Gasteiger partial charge in [-0.3, -0.25) is 10.1 Å². The molecule has 1 atom stereocenters. The van der Waals surface area contributed by atoms with Gasteiger partial charge in [0.15, 0.2) is 11.4 Å². The minimum atomic E-state index is -0.915. The lowest BCUT2D eigenvalue weighted by Crippen LogP contribution is -2.21. The first-order valence-corrected chi connectivity index (χ1v) is 3.91. The van der Waals surface area contributed by atoms with Crippen molar-refractivity contribution in [3.63, 3.8) is 0 Å². The lowest BCUT2D eigenvalue weighted by Gasteiger charge is -2.12. The highest BCUT2D eigenvalue weighted by Gasteiger charge is 2.37. The van der Waals surface area contributed by atoms with Crippen LogP contribution in [0.5, 0.6) is 0 Å². The fourth-order valence-corrected chi connectivity index (χ4v) is 1.45. The maximum Gasteiger partial charge on any atom is 0.260 e. The fraction of sp³-hybridized carbons (Fsp3) is 0.500. The van der Waals surface area contributed by atoms with Crippen molar-refractivity contribution < 1.29 is 14.8 Å².